The Kier molecular flexibility index (Phi) is 6.63. The van der Waals surface area contributed by atoms with Gasteiger partial charge >= 0.3 is 5.97 Å². The van der Waals surface area contributed by atoms with Crippen molar-refractivity contribution in [2.24, 2.45) is 0 Å². The highest BCUT2D eigenvalue weighted by Gasteiger charge is 2.11. The maximum atomic E-state index is 11.8. The molecule has 0 spiro atoms. The van der Waals surface area contributed by atoms with Crippen molar-refractivity contribution >= 4 is 5.97 Å². The summed E-state index contributed by atoms with van der Waals surface area (Å²) < 4.78 is 5.31. The summed E-state index contributed by atoms with van der Waals surface area (Å²) in [5.74, 6) is -0.430. The highest BCUT2D eigenvalue weighted by Crippen LogP contribution is 2.31. The lowest BCUT2D eigenvalue weighted by Crippen LogP contribution is -2.07. The Hall–Kier alpha value is -3.17. The number of aliphatic hydroxyl groups excluding tert-OH is 1. The van der Waals surface area contributed by atoms with Crippen LogP contribution in [-0.4, -0.2) is 11.1 Å². The third-order valence-electron chi connectivity index (χ3n) is 4.99. The van der Waals surface area contributed by atoms with Gasteiger partial charge < -0.3 is 9.84 Å². The molecule has 0 bridgehead atoms. The van der Waals surface area contributed by atoms with Gasteiger partial charge in [-0.2, -0.15) is 0 Å². The monoisotopic (exact) mass is 386 g/mol. The van der Waals surface area contributed by atoms with Crippen molar-refractivity contribution in [2.45, 2.75) is 33.5 Å². The number of aryl methyl sites for hydroxylation is 1. The van der Waals surface area contributed by atoms with E-state index in [4.69, 9.17) is 4.74 Å². The number of ether oxygens (including phenoxy) is 1. The van der Waals surface area contributed by atoms with Crippen LogP contribution in [0.2, 0.25) is 0 Å². The van der Waals surface area contributed by atoms with E-state index < -0.39 is 5.97 Å². The van der Waals surface area contributed by atoms with Crippen LogP contribution in [0.4, 0.5) is 0 Å². The topological polar surface area (TPSA) is 46.5 Å². The molecule has 0 fully saturated rings. The van der Waals surface area contributed by atoms with Gasteiger partial charge in [0.05, 0.1) is 6.61 Å². The Balaban J connectivity index is 1.96. The summed E-state index contributed by atoms with van der Waals surface area (Å²) in [6.07, 6.45) is 0.901. The minimum absolute atomic E-state index is 0.103. The van der Waals surface area contributed by atoms with E-state index in [9.17, 15) is 9.90 Å². The van der Waals surface area contributed by atoms with Crippen LogP contribution >= 0.6 is 0 Å². The lowest BCUT2D eigenvalue weighted by atomic mass is 9.92. The number of carbonyl (C=O) groups excluding carboxylic acids is 1. The Morgan fingerprint density at radius 3 is 2.24 bits per heavy atom. The van der Waals surface area contributed by atoms with Gasteiger partial charge in [-0.15, -0.1) is 0 Å². The van der Waals surface area contributed by atoms with Crippen molar-refractivity contribution in [2.75, 3.05) is 0 Å². The second-order valence-electron chi connectivity index (χ2n) is 7.09. The molecule has 3 heteroatoms. The Morgan fingerprint density at radius 2 is 1.59 bits per heavy atom. The van der Waals surface area contributed by atoms with Crippen LogP contribution in [0.5, 0.6) is 0 Å². The van der Waals surface area contributed by atoms with E-state index in [0.29, 0.717) is 5.57 Å². The maximum Gasteiger partial charge on any atom is 0.333 e. The van der Waals surface area contributed by atoms with E-state index in [1.807, 2.05) is 36.4 Å². The maximum absolute atomic E-state index is 11.8. The summed E-state index contributed by atoms with van der Waals surface area (Å²) in [4.78, 5) is 11.8. The van der Waals surface area contributed by atoms with E-state index in [1.54, 1.807) is 6.92 Å². The van der Waals surface area contributed by atoms with Gasteiger partial charge in [-0.05, 0) is 58.4 Å². The minimum atomic E-state index is -0.430. The first kappa shape index (κ1) is 20.6. The number of aliphatic hydroxyl groups is 1. The third-order valence-corrected chi connectivity index (χ3v) is 4.99. The lowest BCUT2D eigenvalue weighted by Gasteiger charge is -2.15. The van der Waals surface area contributed by atoms with Gasteiger partial charge in [0.1, 0.15) is 6.61 Å². The SMILES string of the molecule is C=C(C)C(=O)OCc1cc(-c2ccc(-c3ccccc3)cc2CC)ccc1CO. The smallest absolute Gasteiger partial charge is 0.333 e. The zero-order valence-corrected chi connectivity index (χ0v) is 16.9. The first-order valence-electron chi connectivity index (χ1n) is 9.77. The number of hydrogen-bond acceptors (Lipinski definition) is 3. The third kappa shape index (κ3) is 4.82. The molecule has 0 saturated carbocycles. The molecule has 0 saturated heterocycles. The van der Waals surface area contributed by atoms with E-state index in [1.165, 1.54) is 16.7 Å². The van der Waals surface area contributed by atoms with Crippen LogP contribution < -0.4 is 0 Å². The van der Waals surface area contributed by atoms with E-state index in [2.05, 4.69) is 43.8 Å². The molecular formula is C26H26O3. The minimum Gasteiger partial charge on any atom is -0.457 e. The summed E-state index contributed by atoms with van der Waals surface area (Å²) in [6.45, 7) is 7.38. The lowest BCUT2D eigenvalue weighted by molar-refractivity contribution is -0.140. The van der Waals surface area contributed by atoms with Crippen molar-refractivity contribution in [3.8, 4) is 22.3 Å². The second kappa shape index (κ2) is 9.35. The molecule has 0 aliphatic rings. The van der Waals surface area contributed by atoms with Crippen molar-refractivity contribution in [1.29, 1.82) is 0 Å². The molecule has 0 amide bonds. The molecule has 3 nitrogen and oxygen atoms in total. The molecule has 0 aliphatic carbocycles. The highest BCUT2D eigenvalue weighted by molar-refractivity contribution is 5.87. The van der Waals surface area contributed by atoms with Crippen LogP contribution in [0.25, 0.3) is 22.3 Å². The Bertz CT molecular complexity index is 1020. The average molecular weight is 386 g/mol. The summed E-state index contributed by atoms with van der Waals surface area (Å²) in [7, 11) is 0. The fourth-order valence-electron chi connectivity index (χ4n) is 3.33. The number of esters is 1. The van der Waals surface area contributed by atoms with Gasteiger partial charge in [0, 0.05) is 5.57 Å². The van der Waals surface area contributed by atoms with Crippen molar-refractivity contribution in [1.82, 2.24) is 0 Å². The van der Waals surface area contributed by atoms with Gasteiger partial charge in [-0.25, -0.2) is 4.79 Å². The zero-order valence-electron chi connectivity index (χ0n) is 16.9. The molecule has 3 aromatic rings. The standard InChI is InChI=1S/C26H26O3/c1-4-19-14-21(20-8-6-5-7-9-20)12-13-25(19)22-10-11-23(16-27)24(15-22)17-29-26(28)18(2)3/h5-15,27H,2,4,16-17H2,1,3H3. The predicted molar refractivity (Wildman–Crippen MR) is 117 cm³/mol. The number of carbonyl (C=O) groups is 1. The quantitative estimate of drug-likeness (QED) is 0.419. The summed E-state index contributed by atoms with van der Waals surface area (Å²) in [5, 5.41) is 9.66. The van der Waals surface area contributed by atoms with Gasteiger partial charge in [0.2, 0.25) is 0 Å². The highest BCUT2D eigenvalue weighted by atomic mass is 16.5. The molecule has 148 valence electrons. The van der Waals surface area contributed by atoms with Crippen LogP contribution in [0, 0.1) is 0 Å². The fraction of sp³-hybridized carbons (Fsp3) is 0.192. The number of benzene rings is 3. The molecule has 0 aliphatic heterocycles. The fourth-order valence-corrected chi connectivity index (χ4v) is 3.33. The van der Waals surface area contributed by atoms with Gasteiger partial charge in [-0.3, -0.25) is 0 Å². The normalized spacial score (nSPS) is 10.6. The van der Waals surface area contributed by atoms with E-state index in [0.717, 1.165) is 28.7 Å². The van der Waals surface area contributed by atoms with Crippen molar-refractivity contribution < 1.29 is 14.6 Å². The van der Waals surface area contributed by atoms with Gasteiger partial charge in [-0.1, -0.05) is 74.2 Å². The molecular weight excluding hydrogens is 360 g/mol. The average Bonchev–Trinajstić information content (AvgIpc) is 2.77. The molecule has 0 radical (unpaired) electrons. The van der Waals surface area contributed by atoms with Crippen LogP contribution in [0.3, 0.4) is 0 Å². The first-order chi connectivity index (χ1) is 14.0. The van der Waals surface area contributed by atoms with E-state index in [-0.39, 0.29) is 13.2 Å². The Labute approximate surface area is 172 Å². The molecule has 0 aromatic heterocycles. The molecule has 0 unspecified atom stereocenters. The predicted octanol–water partition coefficient (Wildman–Crippen LogP) is 5.69. The van der Waals surface area contributed by atoms with Crippen molar-refractivity contribution in [3.63, 3.8) is 0 Å². The molecule has 29 heavy (non-hydrogen) atoms. The zero-order chi connectivity index (χ0) is 20.8. The van der Waals surface area contributed by atoms with Gasteiger partial charge in [0.15, 0.2) is 0 Å². The second-order valence-corrected chi connectivity index (χ2v) is 7.09. The number of hydrogen-bond donors (Lipinski definition) is 1. The first-order valence-corrected chi connectivity index (χ1v) is 9.77. The number of rotatable bonds is 7. The summed E-state index contributed by atoms with van der Waals surface area (Å²) >= 11 is 0. The summed E-state index contributed by atoms with van der Waals surface area (Å²) in [5.41, 5.74) is 7.72. The van der Waals surface area contributed by atoms with Gasteiger partial charge in [0.25, 0.3) is 0 Å². The molecule has 0 atom stereocenters. The molecule has 1 N–H and O–H groups in total. The molecule has 0 heterocycles. The molecule has 3 aromatic carbocycles. The van der Waals surface area contributed by atoms with Crippen LogP contribution in [0.1, 0.15) is 30.5 Å². The summed E-state index contributed by atoms with van der Waals surface area (Å²) in [6, 6.07) is 22.7. The van der Waals surface area contributed by atoms with E-state index >= 15 is 0 Å². The Morgan fingerprint density at radius 1 is 0.897 bits per heavy atom. The van der Waals surface area contributed by atoms with Crippen LogP contribution in [0.15, 0.2) is 78.9 Å². The van der Waals surface area contributed by atoms with Crippen LogP contribution in [-0.2, 0) is 29.2 Å². The van der Waals surface area contributed by atoms with Crippen molar-refractivity contribution in [3.05, 3.63) is 95.6 Å². The largest absolute Gasteiger partial charge is 0.457 e. The molecule has 3 rings (SSSR count).